The summed E-state index contributed by atoms with van der Waals surface area (Å²) in [4.78, 5) is 15.5. The molecule has 0 bridgehead atoms. The molecule has 0 saturated carbocycles. The van der Waals surface area contributed by atoms with Crippen molar-refractivity contribution in [1.82, 2.24) is 15.1 Å². The molecular formula is C20H24N4O2S. The van der Waals surface area contributed by atoms with Crippen LogP contribution in [0.1, 0.15) is 30.4 Å². The molecule has 3 aromatic rings. The molecule has 6 nitrogen and oxygen atoms in total. The van der Waals surface area contributed by atoms with E-state index < -0.39 is 0 Å². The zero-order valence-electron chi connectivity index (χ0n) is 15.9. The van der Waals surface area contributed by atoms with Crippen LogP contribution in [0.4, 0.5) is 5.69 Å². The van der Waals surface area contributed by atoms with Crippen LogP contribution in [0.3, 0.4) is 0 Å². The van der Waals surface area contributed by atoms with Crippen molar-refractivity contribution in [3.05, 3.63) is 52.7 Å². The van der Waals surface area contributed by atoms with Gasteiger partial charge in [-0.25, -0.2) is 0 Å². The van der Waals surface area contributed by atoms with Crippen molar-refractivity contribution in [1.29, 1.82) is 0 Å². The number of carbonyl (C=O) groups is 1. The van der Waals surface area contributed by atoms with Crippen LogP contribution in [0.5, 0.6) is 0 Å². The van der Waals surface area contributed by atoms with Crippen LogP contribution in [0, 0.1) is 13.8 Å². The maximum absolute atomic E-state index is 12.5. The molecule has 0 atom stereocenters. The van der Waals surface area contributed by atoms with Crippen LogP contribution in [-0.4, -0.2) is 34.1 Å². The van der Waals surface area contributed by atoms with Gasteiger partial charge in [0.15, 0.2) is 0 Å². The number of hydrogen-bond acceptors (Lipinski definition) is 6. The minimum absolute atomic E-state index is 0.0462. The van der Waals surface area contributed by atoms with E-state index in [1.807, 2.05) is 54.5 Å². The molecule has 0 aliphatic heterocycles. The Morgan fingerprint density at radius 3 is 2.85 bits per heavy atom. The number of rotatable bonds is 8. The summed E-state index contributed by atoms with van der Waals surface area (Å²) < 4.78 is 5.75. The van der Waals surface area contributed by atoms with Crippen LogP contribution < -0.4 is 5.32 Å². The van der Waals surface area contributed by atoms with Gasteiger partial charge in [0.05, 0.1) is 18.0 Å². The largest absolute Gasteiger partial charge is 0.419 e. The smallest absolute Gasteiger partial charge is 0.257 e. The molecular weight excluding hydrogens is 360 g/mol. The number of anilines is 1. The first-order valence-corrected chi connectivity index (χ1v) is 9.89. The van der Waals surface area contributed by atoms with Gasteiger partial charge in [-0.05, 0) is 55.5 Å². The van der Waals surface area contributed by atoms with Gasteiger partial charge in [-0.1, -0.05) is 25.1 Å². The Balaban J connectivity index is 1.63. The van der Waals surface area contributed by atoms with E-state index in [4.69, 9.17) is 4.42 Å². The predicted octanol–water partition coefficient (Wildman–Crippen LogP) is 4.27. The van der Waals surface area contributed by atoms with Crippen molar-refractivity contribution < 1.29 is 9.21 Å². The third-order valence-corrected chi connectivity index (χ3v) is 4.99. The van der Waals surface area contributed by atoms with Crippen molar-refractivity contribution in [2.45, 2.75) is 33.7 Å². The fourth-order valence-electron chi connectivity index (χ4n) is 2.80. The van der Waals surface area contributed by atoms with E-state index in [0.29, 0.717) is 18.3 Å². The molecule has 0 fully saturated rings. The number of benzene rings is 1. The van der Waals surface area contributed by atoms with Gasteiger partial charge in [-0.2, -0.15) is 0 Å². The lowest BCUT2D eigenvalue weighted by Gasteiger charge is -2.19. The number of aryl methyl sites for hydroxylation is 2. The van der Waals surface area contributed by atoms with Crippen LogP contribution in [-0.2, 0) is 11.3 Å². The first-order chi connectivity index (χ1) is 13.0. The zero-order chi connectivity index (χ0) is 19.2. The molecule has 7 heteroatoms. The maximum Gasteiger partial charge on any atom is 0.257 e. The Bertz CT molecular complexity index is 889. The minimum atomic E-state index is -0.0462. The topological polar surface area (TPSA) is 71.3 Å². The molecule has 0 aliphatic carbocycles. The van der Waals surface area contributed by atoms with E-state index in [0.717, 1.165) is 34.7 Å². The summed E-state index contributed by atoms with van der Waals surface area (Å²) in [7, 11) is 0. The highest BCUT2D eigenvalue weighted by molar-refractivity contribution is 7.13. The Hall–Kier alpha value is -2.51. The molecule has 2 heterocycles. The van der Waals surface area contributed by atoms with Crippen molar-refractivity contribution in [2.75, 3.05) is 18.4 Å². The van der Waals surface area contributed by atoms with Gasteiger partial charge in [-0.3, -0.25) is 9.69 Å². The second kappa shape index (κ2) is 8.92. The van der Waals surface area contributed by atoms with Crippen molar-refractivity contribution in [3.8, 4) is 10.8 Å². The lowest BCUT2D eigenvalue weighted by atomic mass is 10.1. The average molecular weight is 385 g/mol. The summed E-state index contributed by atoms with van der Waals surface area (Å²) in [5.74, 6) is 0.998. The molecule has 0 saturated heterocycles. The Morgan fingerprint density at radius 2 is 2.11 bits per heavy atom. The van der Waals surface area contributed by atoms with Gasteiger partial charge in [0, 0.05) is 5.69 Å². The van der Waals surface area contributed by atoms with E-state index in [-0.39, 0.29) is 12.5 Å². The highest BCUT2D eigenvalue weighted by Gasteiger charge is 2.16. The predicted molar refractivity (Wildman–Crippen MR) is 108 cm³/mol. The first kappa shape index (κ1) is 19.3. The SMILES string of the molecule is CCCN(CC(=O)Nc1cc(C)ccc1C)Cc1nnc(-c2cccs2)o1. The fraction of sp³-hybridized carbons (Fsp3) is 0.350. The standard InChI is InChI=1S/C20H24N4O2S/c1-4-9-24(12-18(25)21-16-11-14(2)7-8-15(16)3)13-19-22-23-20(26-19)17-6-5-10-27-17/h5-8,10-11H,4,9,12-13H2,1-3H3,(H,21,25). The van der Waals surface area contributed by atoms with Crippen LogP contribution >= 0.6 is 11.3 Å². The van der Waals surface area contributed by atoms with Crippen molar-refractivity contribution in [3.63, 3.8) is 0 Å². The molecule has 1 aromatic carbocycles. The number of hydrogen-bond donors (Lipinski definition) is 1. The van der Waals surface area contributed by atoms with Gasteiger partial charge in [0.1, 0.15) is 0 Å². The summed E-state index contributed by atoms with van der Waals surface area (Å²) in [5.41, 5.74) is 3.02. The maximum atomic E-state index is 12.5. The van der Waals surface area contributed by atoms with Gasteiger partial charge >= 0.3 is 0 Å². The van der Waals surface area contributed by atoms with E-state index in [9.17, 15) is 4.79 Å². The summed E-state index contributed by atoms with van der Waals surface area (Å²) in [6.07, 6.45) is 0.933. The number of nitrogens with one attached hydrogen (secondary N) is 1. The summed E-state index contributed by atoms with van der Waals surface area (Å²) in [6, 6.07) is 9.94. The zero-order valence-corrected chi connectivity index (χ0v) is 16.7. The quantitative estimate of drug-likeness (QED) is 0.628. The monoisotopic (exact) mass is 384 g/mol. The van der Waals surface area contributed by atoms with Crippen LogP contribution in [0.15, 0.2) is 40.1 Å². The molecule has 0 unspecified atom stereocenters. The van der Waals surface area contributed by atoms with Gasteiger partial charge in [-0.15, -0.1) is 21.5 Å². The third kappa shape index (κ3) is 5.24. The Morgan fingerprint density at radius 1 is 1.26 bits per heavy atom. The number of nitrogens with zero attached hydrogens (tertiary/aromatic N) is 3. The summed E-state index contributed by atoms with van der Waals surface area (Å²) in [6.45, 7) is 7.59. The molecule has 1 N–H and O–H groups in total. The van der Waals surface area contributed by atoms with E-state index in [2.05, 4.69) is 22.4 Å². The van der Waals surface area contributed by atoms with Gasteiger partial charge in [0.2, 0.25) is 11.8 Å². The van der Waals surface area contributed by atoms with Crippen LogP contribution in [0.25, 0.3) is 10.8 Å². The molecule has 27 heavy (non-hydrogen) atoms. The van der Waals surface area contributed by atoms with Crippen molar-refractivity contribution >= 4 is 22.9 Å². The van der Waals surface area contributed by atoms with Gasteiger partial charge < -0.3 is 9.73 Å². The summed E-state index contributed by atoms with van der Waals surface area (Å²) >= 11 is 1.56. The number of aromatic nitrogens is 2. The van der Waals surface area contributed by atoms with E-state index in [1.54, 1.807) is 11.3 Å². The number of carbonyl (C=O) groups excluding carboxylic acids is 1. The molecule has 2 aromatic heterocycles. The third-order valence-electron chi connectivity index (χ3n) is 4.13. The highest BCUT2D eigenvalue weighted by atomic mass is 32.1. The summed E-state index contributed by atoms with van der Waals surface area (Å²) in [5, 5.41) is 13.2. The van der Waals surface area contributed by atoms with Crippen LogP contribution in [0.2, 0.25) is 0 Å². The Labute approximate surface area is 163 Å². The second-order valence-electron chi connectivity index (χ2n) is 6.56. The lowest BCUT2D eigenvalue weighted by Crippen LogP contribution is -2.33. The molecule has 0 aliphatic rings. The molecule has 0 spiro atoms. The molecule has 0 radical (unpaired) electrons. The normalized spacial score (nSPS) is 11.1. The fourth-order valence-corrected chi connectivity index (χ4v) is 3.45. The molecule has 3 rings (SSSR count). The number of amides is 1. The average Bonchev–Trinajstić information content (AvgIpc) is 3.29. The van der Waals surface area contributed by atoms with E-state index >= 15 is 0 Å². The second-order valence-corrected chi connectivity index (χ2v) is 7.50. The molecule has 1 amide bonds. The molecule has 142 valence electrons. The first-order valence-electron chi connectivity index (χ1n) is 9.01. The minimum Gasteiger partial charge on any atom is -0.419 e. The highest BCUT2D eigenvalue weighted by Crippen LogP contribution is 2.23. The number of thiophene rings is 1. The Kier molecular flexibility index (Phi) is 6.36. The van der Waals surface area contributed by atoms with Crippen molar-refractivity contribution in [2.24, 2.45) is 0 Å². The van der Waals surface area contributed by atoms with E-state index in [1.165, 1.54) is 0 Å². The van der Waals surface area contributed by atoms with Gasteiger partial charge in [0.25, 0.3) is 5.89 Å². The lowest BCUT2D eigenvalue weighted by molar-refractivity contribution is -0.117.